The van der Waals surface area contributed by atoms with E-state index in [1.165, 1.54) is 4.31 Å². The van der Waals surface area contributed by atoms with Crippen molar-refractivity contribution in [3.05, 3.63) is 27.7 Å². The molecule has 2 N–H and O–H groups in total. The second-order valence-electron chi connectivity index (χ2n) is 5.36. The number of sulfonamides is 1. The molecule has 1 aromatic carbocycles. The van der Waals surface area contributed by atoms with Crippen LogP contribution in [-0.2, 0) is 21.3 Å². The van der Waals surface area contributed by atoms with Gasteiger partial charge in [-0.05, 0) is 43.5 Å². The minimum absolute atomic E-state index is 0.0915. The van der Waals surface area contributed by atoms with Crippen molar-refractivity contribution in [3.8, 4) is 0 Å². The Morgan fingerprint density at radius 3 is 2.67 bits per heavy atom. The van der Waals surface area contributed by atoms with E-state index in [-0.39, 0.29) is 12.1 Å². The molecule has 2 unspecified atom stereocenters. The maximum atomic E-state index is 12.9. The topological polar surface area (TPSA) is 72.6 Å². The largest absolute Gasteiger partial charge is 0.377 e. The van der Waals surface area contributed by atoms with Crippen LogP contribution in [0.4, 0.5) is 0 Å². The molecule has 118 valence electrons. The summed E-state index contributed by atoms with van der Waals surface area (Å²) < 4.78 is 33.5. The summed E-state index contributed by atoms with van der Waals surface area (Å²) in [4.78, 5) is 0.305. The van der Waals surface area contributed by atoms with E-state index in [1.54, 1.807) is 20.0 Å². The van der Waals surface area contributed by atoms with Gasteiger partial charge in [0.05, 0.1) is 17.0 Å². The summed E-state index contributed by atoms with van der Waals surface area (Å²) in [5.74, 6) is 0. The molecule has 0 radical (unpaired) electrons. The summed E-state index contributed by atoms with van der Waals surface area (Å²) in [6, 6.07) is 3.39. The van der Waals surface area contributed by atoms with Crippen molar-refractivity contribution in [2.75, 3.05) is 13.7 Å². The van der Waals surface area contributed by atoms with Crippen LogP contribution in [0.1, 0.15) is 24.5 Å². The highest BCUT2D eigenvalue weighted by Gasteiger charge is 2.36. The van der Waals surface area contributed by atoms with Gasteiger partial charge in [-0.1, -0.05) is 15.9 Å². The smallest absolute Gasteiger partial charge is 0.243 e. The fourth-order valence-electron chi connectivity index (χ4n) is 2.62. The molecule has 1 saturated heterocycles. The number of nitrogens with two attached hydrogens (primary N) is 1. The second kappa shape index (κ2) is 6.34. The Labute approximate surface area is 134 Å². The summed E-state index contributed by atoms with van der Waals surface area (Å²) in [5, 5.41) is 0. The molecule has 0 amide bonds. The molecule has 2 atom stereocenters. The number of ether oxygens (including phenoxy) is 1. The molecule has 0 spiro atoms. The van der Waals surface area contributed by atoms with E-state index in [9.17, 15) is 8.42 Å². The third-order valence-electron chi connectivity index (χ3n) is 4.05. The first-order chi connectivity index (χ1) is 9.78. The van der Waals surface area contributed by atoms with E-state index in [0.717, 1.165) is 10.0 Å². The Hall–Kier alpha value is -0.470. The van der Waals surface area contributed by atoms with Crippen molar-refractivity contribution in [2.24, 2.45) is 5.73 Å². The van der Waals surface area contributed by atoms with Gasteiger partial charge in [0.25, 0.3) is 0 Å². The Morgan fingerprint density at radius 1 is 1.48 bits per heavy atom. The number of hydrogen-bond donors (Lipinski definition) is 1. The first kappa shape index (κ1) is 16.9. The zero-order valence-electron chi connectivity index (χ0n) is 12.5. The van der Waals surface area contributed by atoms with Gasteiger partial charge < -0.3 is 10.5 Å². The van der Waals surface area contributed by atoms with Crippen molar-refractivity contribution >= 4 is 26.0 Å². The zero-order chi connectivity index (χ0) is 15.8. The third kappa shape index (κ3) is 3.17. The quantitative estimate of drug-likeness (QED) is 0.872. The Bertz CT molecular complexity index is 633. The van der Waals surface area contributed by atoms with Crippen LogP contribution in [0.5, 0.6) is 0 Å². The maximum Gasteiger partial charge on any atom is 0.243 e. The van der Waals surface area contributed by atoms with Gasteiger partial charge in [-0.3, -0.25) is 0 Å². The highest BCUT2D eigenvalue weighted by Crippen LogP contribution is 2.30. The van der Waals surface area contributed by atoms with Gasteiger partial charge in [0.15, 0.2) is 0 Å². The van der Waals surface area contributed by atoms with Gasteiger partial charge in [0.1, 0.15) is 0 Å². The minimum Gasteiger partial charge on any atom is -0.377 e. The predicted octanol–water partition coefficient (Wildman–Crippen LogP) is 2.01. The molecule has 0 saturated carbocycles. The Balaban J connectivity index is 2.46. The van der Waals surface area contributed by atoms with Crippen molar-refractivity contribution in [2.45, 2.75) is 43.9 Å². The molecule has 1 heterocycles. The molecule has 1 aliphatic heterocycles. The molecule has 7 heteroatoms. The molecule has 5 nitrogen and oxygen atoms in total. The molecule has 0 aliphatic carbocycles. The third-order valence-corrected chi connectivity index (χ3v) is 6.89. The van der Waals surface area contributed by atoms with E-state index in [2.05, 4.69) is 15.9 Å². The van der Waals surface area contributed by atoms with Gasteiger partial charge in [-0.15, -0.1) is 0 Å². The van der Waals surface area contributed by atoms with Crippen molar-refractivity contribution in [3.63, 3.8) is 0 Å². The highest BCUT2D eigenvalue weighted by atomic mass is 79.9. The molecule has 1 aromatic rings. The highest BCUT2D eigenvalue weighted by molar-refractivity contribution is 9.10. The lowest BCUT2D eigenvalue weighted by atomic mass is 10.1. The molecule has 1 fully saturated rings. The van der Waals surface area contributed by atoms with Crippen LogP contribution in [0.15, 0.2) is 21.5 Å². The van der Waals surface area contributed by atoms with E-state index < -0.39 is 10.0 Å². The van der Waals surface area contributed by atoms with Gasteiger partial charge in [-0.25, -0.2) is 8.42 Å². The fraction of sp³-hybridized carbons (Fsp3) is 0.571. The summed E-state index contributed by atoms with van der Waals surface area (Å²) >= 11 is 3.41. The molecule has 2 rings (SSSR count). The van der Waals surface area contributed by atoms with Crippen LogP contribution in [0.25, 0.3) is 0 Å². The standard InChI is InChI=1S/C14H21BrN2O3S/c1-9-12(15)6-11(8-16)7-14(9)21(18,19)17(3)13-4-5-20-10(13)2/h6-7,10,13H,4-5,8,16H2,1-3H3. The van der Waals surface area contributed by atoms with Crippen LogP contribution in [0.2, 0.25) is 0 Å². The first-order valence-electron chi connectivity index (χ1n) is 6.87. The van der Waals surface area contributed by atoms with E-state index in [4.69, 9.17) is 10.5 Å². The van der Waals surface area contributed by atoms with Crippen LogP contribution < -0.4 is 5.73 Å². The Morgan fingerprint density at radius 2 is 2.14 bits per heavy atom. The van der Waals surface area contributed by atoms with Crippen LogP contribution >= 0.6 is 15.9 Å². The first-order valence-corrected chi connectivity index (χ1v) is 9.11. The van der Waals surface area contributed by atoms with Gasteiger partial charge >= 0.3 is 0 Å². The summed E-state index contributed by atoms with van der Waals surface area (Å²) in [5.41, 5.74) is 7.14. The van der Waals surface area contributed by atoms with Crippen LogP contribution in [0, 0.1) is 6.92 Å². The number of nitrogens with zero attached hydrogens (tertiary/aromatic N) is 1. The van der Waals surface area contributed by atoms with Crippen molar-refractivity contribution in [1.29, 1.82) is 0 Å². The normalized spacial score (nSPS) is 23.0. The number of halogens is 1. The van der Waals surface area contributed by atoms with Gasteiger partial charge in [0, 0.05) is 24.7 Å². The lowest BCUT2D eigenvalue weighted by Gasteiger charge is -2.27. The molecule has 21 heavy (non-hydrogen) atoms. The number of rotatable bonds is 4. The monoisotopic (exact) mass is 376 g/mol. The molecule has 0 aromatic heterocycles. The maximum absolute atomic E-state index is 12.9. The minimum atomic E-state index is -3.57. The van der Waals surface area contributed by atoms with E-state index >= 15 is 0 Å². The number of hydrogen-bond acceptors (Lipinski definition) is 4. The lowest BCUT2D eigenvalue weighted by Crippen LogP contribution is -2.41. The van der Waals surface area contributed by atoms with E-state index in [1.807, 2.05) is 13.0 Å². The summed E-state index contributed by atoms with van der Waals surface area (Å²) in [6.45, 7) is 4.59. The molecular formula is C14H21BrN2O3S. The average Bonchev–Trinajstić information content (AvgIpc) is 2.86. The van der Waals surface area contributed by atoms with E-state index in [0.29, 0.717) is 30.0 Å². The predicted molar refractivity (Wildman–Crippen MR) is 85.5 cm³/mol. The Kier molecular flexibility index (Phi) is 5.10. The number of benzene rings is 1. The van der Waals surface area contributed by atoms with Gasteiger partial charge in [-0.2, -0.15) is 4.31 Å². The fourth-order valence-corrected chi connectivity index (χ4v) is 5.00. The SMILES string of the molecule is Cc1c(Br)cc(CN)cc1S(=O)(=O)N(C)C1CCOC1C. The van der Waals surface area contributed by atoms with Crippen LogP contribution in [0.3, 0.4) is 0 Å². The molecule has 1 aliphatic rings. The zero-order valence-corrected chi connectivity index (χ0v) is 14.9. The summed E-state index contributed by atoms with van der Waals surface area (Å²) in [7, 11) is -1.95. The second-order valence-corrected chi connectivity index (χ2v) is 8.18. The summed E-state index contributed by atoms with van der Waals surface area (Å²) in [6.07, 6.45) is 0.624. The number of likely N-dealkylation sites (N-methyl/N-ethyl adjacent to an activating group) is 1. The van der Waals surface area contributed by atoms with Crippen molar-refractivity contribution < 1.29 is 13.2 Å². The lowest BCUT2D eigenvalue weighted by molar-refractivity contribution is 0.102. The van der Waals surface area contributed by atoms with Gasteiger partial charge in [0.2, 0.25) is 10.0 Å². The molecular weight excluding hydrogens is 356 g/mol. The van der Waals surface area contributed by atoms with Crippen LogP contribution in [-0.4, -0.2) is 38.5 Å². The van der Waals surface area contributed by atoms with Crippen molar-refractivity contribution in [1.82, 2.24) is 4.31 Å². The molecule has 0 bridgehead atoms. The average molecular weight is 377 g/mol.